The smallest absolute Gasteiger partial charge is 0.0351 e. The lowest BCUT2D eigenvalue weighted by Gasteiger charge is -1.96. The third kappa shape index (κ3) is 15.5. The monoisotopic (exact) mass is 249 g/mol. The van der Waals surface area contributed by atoms with E-state index < -0.39 is 0 Å². The summed E-state index contributed by atoms with van der Waals surface area (Å²) in [6, 6.07) is 0. The highest BCUT2D eigenvalue weighted by Crippen LogP contribution is 2.07. The molecule has 18 heavy (non-hydrogen) atoms. The summed E-state index contributed by atoms with van der Waals surface area (Å²) in [7, 11) is 0. The van der Waals surface area contributed by atoms with Crippen molar-refractivity contribution in [2.24, 2.45) is 0 Å². The molecule has 0 fully saturated rings. The van der Waals surface area contributed by atoms with Crippen LogP contribution in [0.25, 0.3) is 0 Å². The summed E-state index contributed by atoms with van der Waals surface area (Å²) in [5.41, 5.74) is 0. The fraction of sp³-hybridized carbons (Fsp3) is 0.722. The minimum atomic E-state index is 1.03. The maximum atomic E-state index is 3.82. The van der Waals surface area contributed by atoms with Crippen LogP contribution in [0.15, 0.2) is 24.3 Å². The average molecular weight is 249 g/mol. The summed E-state index contributed by atoms with van der Waals surface area (Å²) in [6.45, 7) is 6.10. The topological polar surface area (TPSA) is 0 Å². The van der Waals surface area contributed by atoms with Crippen LogP contribution >= 0.6 is 0 Å². The average Bonchev–Trinajstić information content (AvgIpc) is 2.39. The molecule has 0 bridgehead atoms. The van der Waals surface area contributed by atoms with E-state index in [0.717, 1.165) is 12.8 Å². The Kier molecular flexibility index (Phi) is 16.0. The van der Waals surface area contributed by atoms with Crippen molar-refractivity contribution in [1.29, 1.82) is 0 Å². The first-order valence-corrected chi connectivity index (χ1v) is 8.01. The van der Waals surface area contributed by atoms with Crippen molar-refractivity contribution in [2.75, 3.05) is 0 Å². The summed E-state index contributed by atoms with van der Waals surface area (Å²) in [6.07, 6.45) is 24.9. The summed E-state index contributed by atoms with van der Waals surface area (Å²) in [4.78, 5) is 0. The Morgan fingerprint density at radius 3 is 1.56 bits per heavy atom. The van der Waals surface area contributed by atoms with Gasteiger partial charge in [0.25, 0.3) is 0 Å². The predicted molar refractivity (Wildman–Crippen MR) is 84.7 cm³/mol. The molecule has 0 aromatic rings. The Labute approximate surface area is 116 Å². The van der Waals surface area contributed by atoms with Gasteiger partial charge in [0.2, 0.25) is 0 Å². The van der Waals surface area contributed by atoms with E-state index in [-0.39, 0.29) is 0 Å². The predicted octanol–water partition coefficient (Wildman–Crippen LogP) is 6.63. The number of hydrogen-bond acceptors (Lipinski definition) is 0. The minimum absolute atomic E-state index is 1.03. The largest absolute Gasteiger partial charge is 0.0885 e. The van der Waals surface area contributed by atoms with Gasteiger partial charge in [0.1, 0.15) is 0 Å². The molecule has 0 aliphatic rings. The molecule has 0 heterocycles. The maximum Gasteiger partial charge on any atom is -0.0351 e. The van der Waals surface area contributed by atoms with Crippen LogP contribution < -0.4 is 0 Å². The quantitative estimate of drug-likeness (QED) is 0.254. The lowest BCUT2D eigenvalue weighted by Crippen LogP contribution is -1.76. The zero-order chi connectivity index (χ0) is 13.3. The molecule has 0 spiro atoms. The molecule has 1 radical (unpaired) electrons. The Morgan fingerprint density at radius 2 is 1.06 bits per heavy atom. The van der Waals surface area contributed by atoms with E-state index >= 15 is 0 Å². The molecule has 0 nitrogen and oxygen atoms in total. The van der Waals surface area contributed by atoms with Crippen molar-refractivity contribution in [3.63, 3.8) is 0 Å². The second-order valence-electron chi connectivity index (χ2n) is 5.07. The Bertz CT molecular complexity index is 188. The molecule has 0 atom stereocenters. The van der Waals surface area contributed by atoms with E-state index in [1.54, 1.807) is 0 Å². The van der Waals surface area contributed by atoms with Gasteiger partial charge in [-0.3, -0.25) is 0 Å². The molecule has 0 aliphatic carbocycles. The third-order valence-electron chi connectivity index (χ3n) is 3.17. The normalized spacial score (nSPS) is 11.9. The van der Waals surface area contributed by atoms with Crippen LogP contribution in [0.2, 0.25) is 0 Å². The van der Waals surface area contributed by atoms with E-state index in [0.29, 0.717) is 0 Å². The fourth-order valence-electron chi connectivity index (χ4n) is 1.98. The van der Waals surface area contributed by atoms with Crippen LogP contribution in [-0.4, -0.2) is 0 Å². The van der Waals surface area contributed by atoms with E-state index in [2.05, 4.69) is 38.2 Å². The molecule has 0 saturated heterocycles. The standard InChI is InChI=1S/C18H33/c1-3-5-7-9-11-13-15-17-18-16-14-12-10-8-6-4-2/h7,9,16,18H,1,3-6,8,10-15,17H2,2H3. The van der Waals surface area contributed by atoms with Gasteiger partial charge < -0.3 is 0 Å². The van der Waals surface area contributed by atoms with Gasteiger partial charge in [0.15, 0.2) is 0 Å². The summed E-state index contributed by atoms with van der Waals surface area (Å²) in [5, 5.41) is 0. The van der Waals surface area contributed by atoms with Crippen molar-refractivity contribution in [1.82, 2.24) is 0 Å². The maximum absolute atomic E-state index is 3.82. The van der Waals surface area contributed by atoms with Crippen molar-refractivity contribution < 1.29 is 0 Å². The first kappa shape index (κ1) is 17.5. The van der Waals surface area contributed by atoms with Gasteiger partial charge >= 0.3 is 0 Å². The van der Waals surface area contributed by atoms with Gasteiger partial charge in [-0.2, -0.15) is 0 Å². The van der Waals surface area contributed by atoms with Crippen LogP contribution in [0.3, 0.4) is 0 Å². The van der Waals surface area contributed by atoms with Crippen LogP contribution in [0.4, 0.5) is 0 Å². The highest BCUT2D eigenvalue weighted by atomic mass is 13.9. The van der Waals surface area contributed by atoms with Crippen molar-refractivity contribution in [3.05, 3.63) is 31.2 Å². The van der Waals surface area contributed by atoms with Crippen molar-refractivity contribution in [3.8, 4) is 0 Å². The number of unbranched alkanes of at least 4 members (excludes halogenated alkanes) is 9. The van der Waals surface area contributed by atoms with E-state index in [4.69, 9.17) is 0 Å². The van der Waals surface area contributed by atoms with Gasteiger partial charge in [0.05, 0.1) is 0 Å². The molecule has 0 unspecified atom stereocenters. The van der Waals surface area contributed by atoms with Crippen LogP contribution in [0.1, 0.15) is 84.0 Å². The lowest BCUT2D eigenvalue weighted by atomic mass is 10.1. The zero-order valence-corrected chi connectivity index (χ0v) is 12.5. The molecular weight excluding hydrogens is 216 g/mol. The second-order valence-corrected chi connectivity index (χ2v) is 5.07. The van der Waals surface area contributed by atoms with Crippen molar-refractivity contribution >= 4 is 0 Å². The van der Waals surface area contributed by atoms with Crippen molar-refractivity contribution in [2.45, 2.75) is 84.0 Å². The molecule has 0 aromatic heterocycles. The van der Waals surface area contributed by atoms with Crippen LogP contribution in [-0.2, 0) is 0 Å². The zero-order valence-electron chi connectivity index (χ0n) is 12.5. The summed E-state index contributed by atoms with van der Waals surface area (Å²) < 4.78 is 0. The Hall–Kier alpha value is -0.520. The minimum Gasteiger partial charge on any atom is -0.0885 e. The first-order valence-electron chi connectivity index (χ1n) is 8.01. The Morgan fingerprint density at radius 1 is 0.611 bits per heavy atom. The molecule has 0 N–H and O–H groups in total. The second kappa shape index (κ2) is 16.5. The van der Waals surface area contributed by atoms with Gasteiger partial charge in [-0.15, -0.1) is 0 Å². The van der Waals surface area contributed by atoms with Gasteiger partial charge in [-0.25, -0.2) is 0 Å². The molecule has 0 aliphatic heterocycles. The highest BCUT2D eigenvalue weighted by Gasteiger charge is 1.87. The first-order chi connectivity index (χ1) is 8.91. The molecular formula is C18H33. The summed E-state index contributed by atoms with van der Waals surface area (Å²) in [5.74, 6) is 0. The number of hydrogen-bond donors (Lipinski definition) is 0. The van der Waals surface area contributed by atoms with Gasteiger partial charge in [-0.05, 0) is 51.4 Å². The highest BCUT2D eigenvalue weighted by molar-refractivity contribution is 4.84. The third-order valence-corrected chi connectivity index (χ3v) is 3.17. The Balaban J connectivity index is 3.09. The number of rotatable bonds is 13. The van der Waals surface area contributed by atoms with Crippen LogP contribution in [0.5, 0.6) is 0 Å². The van der Waals surface area contributed by atoms with E-state index in [9.17, 15) is 0 Å². The van der Waals surface area contributed by atoms with Gasteiger partial charge in [-0.1, -0.05) is 63.8 Å². The van der Waals surface area contributed by atoms with E-state index in [1.165, 1.54) is 64.2 Å². The SMILES string of the molecule is [CH2]CCC=CCCCCC=CCCCCCCC. The summed E-state index contributed by atoms with van der Waals surface area (Å²) >= 11 is 0. The molecule has 0 saturated carbocycles. The molecule has 0 aromatic carbocycles. The number of allylic oxidation sites excluding steroid dienone is 4. The van der Waals surface area contributed by atoms with Crippen LogP contribution in [0, 0.1) is 6.92 Å². The molecule has 105 valence electrons. The fourth-order valence-corrected chi connectivity index (χ4v) is 1.98. The van der Waals surface area contributed by atoms with E-state index in [1.807, 2.05) is 0 Å². The lowest BCUT2D eigenvalue weighted by molar-refractivity contribution is 0.636. The van der Waals surface area contributed by atoms with Gasteiger partial charge in [0, 0.05) is 0 Å². The molecule has 0 heteroatoms. The molecule has 0 amide bonds. The molecule has 0 rings (SSSR count).